The summed E-state index contributed by atoms with van der Waals surface area (Å²) in [5, 5.41) is 13.9. The van der Waals surface area contributed by atoms with E-state index in [1.54, 1.807) is 0 Å². The van der Waals surface area contributed by atoms with Crippen molar-refractivity contribution < 1.29 is 4.74 Å². The van der Waals surface area contributed by atoms with E-state index in [-0.39, 0.29) is 11.7 Å². The third-order valence-electron chi connectivity index (χ3n) is 7.21. The number of hydrogen-bond donors (Lipinski definition) is 1. The summed E-state index contributed by atoms with van der Waals surface area (Å²) in [7, 11) is 0. The molecule has 4 aromatic rings. The van der Waals surface area contributed by atoms with Crippen molar-refractivity contribution >= 4 is 16.6 Å². The van der Waals surface area contributed by atoms with Gasteiger partial charge in [0.25, 0.3) is 5.56 Å². The van der Waals surface area contributed by atoms with Gasteiger partial charge < -0.3 is 14.6 Å². The van der Waals surface area contributed by atoms with Gasteiger partial charge in [0.2, 0.25) is 0 Å². The van der Waals surface area contributed by atoms with Crippen LogP contribution in [0.15, 0.2) is 47.3 Å². The number of pyridine rings is 1. The van der Waals surface area contributed by atoms with Gasteiger partial charge in [-0.05, 0) is 72.4 Å². The van der Waals surface area contributed by atoms with Gasteiger partial charge in [-0.25, -0.2) is 4.68 Å². The zero-order valence-electron chi connectivity index (χ0n) is 19.5. The van der Waals surface area contributed by atoms with Crippen molar-refractivity contribution in [3.63, 3.8) is 0 Å². The van der Waals surface area contributed by atoms with Crippen LogP contribution in [0.25, 0.3) is 10.9 Å². The van der Waals surface area contributed by atoms with Crippen LogP contribution >= 0.6 is 0 Å². The third kappa shape index (κ3) is 3.49. The predicted molar refractivity (Wildman–Crippen MR) is 130 cm³/mol. The highest BCUT2D eigenvalue weighted by atomic mass is 16.5. The zero-order valence-corrected chi connectivity index (χ0v) is 19.5. The molecule has 8 nitrogen and oxygen atoms in total. The van der Waals surface area contributed by atoms with E-state index in [0.29, 0.717) is 17.9 Å². The normalized spacial score (nSPS) is 18.5. The summed E-state index contributed by atoms with van der Waals surface area (Å²) >= 11 is 0. The highest BCUT2D eigenvalue weighted by Crippen LogP contribution is 2.38. The molecule has 2 atom stereocenters. The third-order valence-corrected chi connectivity index (χ3v) is 7.21. The largest absolute Gasteiger partial charge is 0.376 e. The monoisotopic (exact) mass is 456 g/mol. The summed E-state index contributed by atoms with van der Waals surface area (Å²) in [4.78, 5) is 19.0. The number of benzene rings is 2. The molecule has 1 fully saturated rings. The molecule has 174 valence electrons. The average Bonchev–Trinajstić information content (AvgIpc) is 3.60. The van der Waals surface area contributed by atoms with Gasteiger partial charge in [-0.2, -0.15) is 0 Å². The van der Waals surface area contributed by atoms with E-state index in [0.717, 1.165) is 60.1 Å². The number of tetrazole rings is 1. The van der Waals surface area contributed by atoms with E-state index in [9.17, 15) is 4.79 Å². The lowest BCUT2D eigenvalue weighted by atomic mass is 9.99. The van der Waals surface area contributed by atoms with Crippen LogP contribution in [-0.2, 0) is 17.7 Å². The Hall–Kier alpha value is -3.52. The van der Waals surface area contributed by atoms with Crippen molar-refractivity contribution in [2.75, 3.05) is 18.1 Å². The molecule has 0 aliphatic carbocycles. The highest BCUT2D eigenvalue weighted by molar-refractivity contribution is 5.85. The maximum atomic E-state index is 13.6. The molecule has 2 aliphatic rings. The Morgan fingerprint density at radius 3 is 2.88 bits per heavy atom. The van der Waals surface area contributed by atoms with Crippen LogP contribution in [0.1, 0.15) is 47.0 Å². The molecule has 0 amide bonds. The van der Waals surface area contributed by atoms with E-state index in [4.69, 9.17) is 4.74 Å². The summed E-state index contributed by atoms with van der Waals surface area (Å²) in [6.45, 7) is 6.24. The topological polar surface area (TPSA) is 88.9 Å². The molecule has 0 spiro atoms. The number of nitrogens with one attached hydrogen (secondary N) is 1. The van der Waals surface area contributed by atoms with Gasteiger partial charge in [0.15, 0.2) is 5.82 Å². The van der Waals surface area contributed by atoms with Crippen LogP contribution in [-0.4, -0.2) is 44.4 Å². The lowest BCUT2D eigenvalue weighted by molar-refractivity contribution is 0.0924. The average molecular weight is 457 g/mol. The van der Waals surface area contributed by atoms with E-state index in [2.05, 4.69) is 56.6 Å². The molecule has 0 unspecified atom stereocenters. The number of aryl methyl sites for hydroxylation is 2. The first-order valence-electron chi connectivity index (χ1n) is 12.0. The molecule has 2 aromatic heterocycles. The second-order valence-electron chi connectivity index (χ2n) is 9.37. The van der Waals surface area contributed by atoms with E-state index < -0.39 is 6.04 Å². The van der Waals surface area contributed by atoms with Crippen LogP contribution in [0.4, 0.5) is 5.69 Å². The number of hydrogen-bond acceptors (Lipinski definition) is 6. The minimum absolute atomic E-state index is 0.0912. The Balaban J connectivity index is 1.54. The van der Waals surface area contributed by atoms with Gasteiger partial charge in [-0.15, -0.1) is 5.10 Å². The SMILES string of the molecule is Cc1ccc(C)c2[nH]c(=O)c([C@@H](c3nnnn3C[C@@H]3CCCO3)N3CCc4ccccc43)cc12. The first-order valence-corrected chi connectivity index (χ1v) is 12.0. The number of ether oxygens (including phenoxy) is 1. The first kappa shape index (κ1) is 21.0. The molecule has 6 rings (SSSR count). The number of aromatic amines is 1. The van der Waals surface area contributed by atoms with Gasteiger partial charge in [0.1, 0.15) is 6.04 Å². The molecule has 1 saturated heterocycles. The summed E-state index contributed by atoms with van der Waals surface area (Å²) in [5.41, 5.74) is 6.00. The molecule has 1 N–H and O–H groups in total. The predicted octanol–water partition coefficient (Wildman–Crippen LogP) is 3.46. The smallest absolute Gasteiger partial charge is 0.254 e. The fourth-order valence-electron chi connectivity index (χ4n) is 5.39. The molecule has 0 saturated carbocycles. The number of fused-ring (bicyclic) bond motifs is 2. The Kier molecular flexibility index (Phi) is 5.17. The van der Waals surface area contributed by atoms with Gasteiger partial charge in [-0.3, -0.25) is 4.79 Å². The van der Waals surface area contributed by atoms with Gasteiger partial charge in [0, 0.05) is 29.8 Å². The van der Waals surface area contributed by atoms with Gasteiger partial charge in [0.05, 0.1) is 18.2 Å². The Morgan fingerprint density at radius 2 is 2.03 bits per heavy atom. The first-order chi connectivity index (χ1) is 16.6. The summed E-state index contributed by atoms with van der Waals surface area (Å²) < 4.78 is 7.69. The molecule has 4 heterocycles. The molecule has 2 aromatic carbocycles. The number of rotatable bonds is 5. The molecule has 2 aliphatic heterocycles. The Labute approximate surface area is 197 Å². The fraction of sp³-hybridized carbons (Fsp3) is 0.385. The van der Waals surface area contributed by atoms with Gasteiger partial charge in [-0.1, -0.05) is 30.3 Å². The maximum Gasteiger partial charge on any atom is 0.254 e. The molecule has 0 radical (unpaired) electrons. The van der Waals surface area contributed by atoms with Crippen molar-refractivity contribution in [2.24, 2.45) is 0 Å². The van der Waals surface area contributed by atoms with Crippen LogP contribution in [0.3, 0.4) is 0 Å². The van der Waals surface area contributed by atoms with E-state index in [1.165, 1.54) is 5.56 Å². The molecular formula is C26H28N6O2. The minimum atomic E-state index is -0.409. The lowest BCUT2D eigenvalue weighted by Gasteiger charge is -2.30. The Morgan fingerprint density at radius 1 is 1.18 bits per heavy atom. The quantitative estimate of drug-likeness (QED) is 0.495. The number of nitrogens with zero attached hydrogens (tertiary/aromatic N) is 5. The number of H-pyrrole nitrogens is 1. The zero-order chi connectivity index (χ0) is 23.2. The van der Waals surface area contributed by atoms with Crippen LogP contribution < -0.4 is 10.5 Å². The maximum absolute atomic E-state index is 13.6. The highest BCUT2D eigenvalue weighted by Gasteiger charge is 2.35. The van der Waals surface area contributed by atoms with E-state index >= 15 is 0 Å². The molecular weight excluding hydrogens is 428 g/mol. The lowest BCUT2D eigenvalue weighted by Crippen LogP contribution is -2.35. The Bertz CT molecular complexity index is 1420. The molecule has 34 heavy (non-hydrogen) atoms. The second-order valence-corrected chi connectivity index (χ2v) is 9.37. The van der Waals surface area contributed by atoms with Crippen molar-refractivity contribution in [3.8, 4) is 0 Å². The van der Waals surface area contributed by atoms with Crippen LogP contribution in [0, 0.1) is 13.8 Å². The molecule has 8 heteroatoms. The minimum Gasteiger partial charge on any atom is -0.376 e. The number of aromatic nitrogens is 5. The summed E-state index contributed by atoms with van der Waals surface area (Å²) in [5.74, 6) is 0.669. The van der Waals surface area contributed by atoms with Crippen molar-refractivity contribution in [3.05, 3.63) is 80.9 Å². The van der Waals surface area contributed by atoms with Crippen molar-refractivity contribution in [1.29, 1.82) is 0 Å². The van der Waals surface area contributed by atoms with E-state index in [1.807, 2.05) is 29.8 Å². The standard InChI is InChI=1S/C26H28N6O2/c1-16-9-10-17(2)23-20(16)14-21(26(33)27-23)24(31-12-11-18-6-3-4-8-22(18)31)25-28-29-30-32(25)15-19-7-5-13-34-19/h3-4,6,8-10,14,19,24H,5,7,11-13,15H2,1-2H3,(H,27,33)/t19-,24-/m0/s1. The summed E-state index contributed by atoms with van der Waals surface area (Å²) in [6, 6.07) is 14.1. The summed E-state index contributed by atoms with van der Waals surface area (Å²) in [6.07, 6.45) is 3.05. The van der Waals surface area contributed by atoms with Crippen LogP contribution in [0.5, 0.6) is 0 Å². The van der Waals surface area contributed by atoms with Crippen molar-refractivity contribution in [1.82, 2.24) is 25.2 Å². The van der Waals surface area contributed by atoms with Crippen LogP contribution in [0.2, 0.25) is 0 Å². The molecule has 0 bridgehead atoms. The number of anilines is 1. The second kappa shape index (κ2) is 8.36. The van der Waals surface area contributed by atoms with Crippen molar-refractivity contribution in [2.45, 2.75) is 51.8 Å². The van der Waals surface area contributed by atoms with Gasteiger partial charge >= 0.3 is 0 Å². The fourth-order valence-corrected chi connectivity index (χ4v) is 5.39. The number of para-hydroxylation sites is 1.